The Morgan fingerprint density at radius 2 is 1.65 bits per heavy atom. The minimum Gasteiger partial charge on any atom is -0.122 e. The SMILES string of the molecule is CCCC(CCC)C(Cl)Cc1ccccc1Cl. The van der Waals surface area contributed by atoms with Gasteiger partial charge in [0, 0.05) is 10.4 Å². The quantitative estimate of drug-likeness (QED) is 0.558. The number of rotatable bonds is 7. The van der Waals surface area contributed by atoms with Crippen molar-refractivity contribution >= 4 is 23.2 Å². The molecule has 0 radical (unpaired) electrons. The molecule has 0 saturated heterocycles. The van der Waals surface area contributed by atoms with E-state index in [2.05, 4.69) is 19.9 Å². The molecule has 1 rings (SSSR count). The average Bonchev–Trinajstić information content (AvgIpc) is 2.32. The fourth-order valence-electron chi connectivity index (χ4n) is 2.29. The van der Waals surface area contributed by atoms with Crippen LogP contribution in [0.1, 0.15) is 45.1 Å². The maximum absolute atomic E-state index is 6.55. The summed E-state index contributed by atoms with van der Waals surface area (Å²) in [5.41, 5.74) is 1.17. The van der Waals surface area contributed by atoms with E-state index in [0.717, 1.165) is 11.4 Å². The molecule has 0 fully saturated rings. The Hall–Kier alpha value is -0.200. The Kier molecular flexibility index (Phi) is 6.99. The van der Waals surface area contributed by atoms with Crippen molar-refractivity contribution < 1.29 is 0 Å². The van der Waals surface area contributed by atoms with E-state index in [4.69, 9.17) is 23.2 Å². The van der Waals surface area contributed by atoms with Gasteiger partial charge in [-0.15, -0.1) is 11.6 Å². The van der Waals surface area contributed by atoms with Crippen LogP contribution in [0.15, 0.2) is 24.3 Å². The lowest BCUT2D eigenvalue weighted by atomic mass is 9.91. The molecule has 0 aliphatic rings. The number of benzene rings is 1. The molecule has 0 amide bonds. The highest BCUT2D eigenvalue weighted by molar-refractivity contribution is 6.31. The van der Waals surface area contributed by atoms with Crippen LogP contribution in [0.4, 0.5) is 0 Å². The molecule has 0 aliphatic heterocycles. The molecule has 0 bridgehead atoms. The maximum Gasteiger partial charge on any atom is 0.0438 e. The van der Waals surface area contributed by atoms with E-state index in [1.165, 1.54) is 31.2 Å². The fraction of sp³-hybridized carbons (Fsp3) is 0.600. The minimum atomic E-state index is 0.204. The van der Waals surface area contributed by atoms with E-state index < -0.39 is 0 Å². The minimum absolute atomic E-state index is 0.204. The molecule has 96 valence electrons. The molecular weight excluding hydrogens is 251 g/mol. The maximum atomic E-state index is 6.55. The molecule has 0 nitrogen and oxygen atoms in total. The van der Waals surface area contributed by atoms with Gasteiger partial charge in [0.15, 0.2) is 0 Å². The van der Waals surface area contributed by atoms with E-state index in [9.17, 15) is 0 Å². The summed E-state index contributed by atoms with van der Waals surface area (Å²) >= 11 is 12.7. The molecule has 1 unspecified atom stereocenters. The Bertz CT molecular complexity index is 316. The molecule has 1 atom stereocenters. The van der Waals surface area contributed by atoms with Gasteiger partial charge in [-0.2, -0.15) is 0 Å². The zero-order valence-corrected chi connectivity index (χ0v) is 12.3. The van der Waals surface area contributed by atoms with Gasteiger partial charge in [-0.25, -0.2) is 0 Å². The van der Waals surface area contributed by atoms with Gasteiger partial charge >= 0.3 is 0 Å². The van der Waals surface area contributed by atoms with Crippen LogP contribution in [-0.4, -0.2) is 5.38 Å². The van der Waals surface area contributed by atoms with E-state index >= 15 is 0 Å². The molecule has 17 heavy (non-hydrogen) atoms. The van der Waals surface area contributed by atoms with Crippen LogP contribution in [0.5, 0.6) is 0 Å². The number of alkyl halides is 1. The second-order valence-electron chi connectivity index (χ2n) is 4.65. The predicted molar refractivity (Wildman–Crippen MR) is 78.1 cm³/mol. The largest absolute Gasteiger partial charge is 0.122 e. The average molecular weight is 273 g/mol. The molecule has 0 N–H and O–H groups in total. The molecule has 1 aromatic carbocycles. The second-order valence-corrected chi connectivity index (χ2v) is 5.62. The Morgan fingerprint density at radius 1 is 1.06 bits per heavy atom. The van der Waals surface area contributed by atoms with Crippen molar-refractivity contribution in [1.29, 1.82) is 0 Å². The van der Waals surface area contributed by atoms with Gasteiger partial charge in [0.25, 0.3) is 0 Å². The molecule has 2 heteroatoms. The van der Waals surface area contributed by atoms with Gasteiger partial charge in [-0.05, 0) is 36.8 Å². The standard InChI is InChI=1S/C15H22Cl2/c1-3-7-12(8-4-2)15(17)11-13-9-5-6-10-14(13)16/h5-6,9-10,12,15H,3-4,7-8,11H2,1-2H3. The summed E-state index contributed by atoms with van der Waals surface area (Å²) < 4.78 is 0. The van der Waals surface area contributed by atoms with Crippen molar-refractivity contribution in [3.8, 4) is 0 Å². The first kappa shape index (κ1) is 14.9. The Morgan fingerprint density at radius 3 is 2.18 bits per heavy atom. The summed E-state index contributed by atoms with van der Waals surface area (Å²) in [6.07, 6.45) is 5.72. The van der Waals surface area contributed by atoms with Crippen molar-refractivity contribution in [3.63, 3.8) is 0 Å². The third kappa shape index (κ3) is 4.89. The van der Waals surface area contributed by atoms with Crippen LogP contribution >= 0.6 is 23.2 Å². The Balaban J connectivity index is 2.62. The van der Waals surface area contributed by atoms with Gasteiger partial charge < -0.3 is 0 Å². The predicted octanol–water partition coefficient (Wildman–Crippen LogP) is 5.71. The van der Waals surface area contributed by atoms with Gasteiger partial charge in [-0.1, -0.05) is 56.5 Å². The topological polar surface area (TPSA) is 0 Å². The zero-order valence-electron chi connectivity index (χ0n) is 10.8. The van der Waals surface area contributed by atoms with Crippen molar-refractivity contribution in [2.45, 2.75) is 51.3 Å². The summed E-state index contributed by atoms with van der Waals surface area (Å²) in [6.45, 7) is 4.45. The first-order valence-corrected chi connectivity index (χ1v) is 7.37. The van der Waals surface area contributed by atoms with Crippen LogP contribution < -0.4 is 0 Å². The van der Waals surface area contributed by atoms with Crippen molar-refractivity contribution in [1.82, 2.24) is 0 Å². The lowest BCUT2D eigenvalue weighted by molar-refractivity contribution is 0.418. The van der Waals surface area contributed by atoms with Crippen LogP contribution in [0.25, 0.3) is 0 Å². The second kappa shape index (κ2) is 8.00. The highest BCUT2D eigenvalue weighted by atomic mass is 35.5. The summed E-state index contributed by atoms with van der Waals surface area (Å²) in [5, 5.41) is 1.04. The van der Waals surface area contributed by atoms with Crippen LogP contribution in [0, 0.1) is 5.92 Å². The van der Waals surface area contributed by atoms with Gasteiger partial charge in [0.1, 0.15) is 0 Å². The molecule has 1 aromatic rings. The molecule has 0 saturated carbocycles. The van der Waals surface area contributed by atoms with E-state index in [1.807, 2.05) is 18.2 Å². The Labute approximate surface area is 115 Å². The van der Waals surface area contributed by atoms with Crippen LogP contribution in [-0.2, 0) is 6.42 Å². The zero-order chi connectivity index (χ0) is 12.7. The van der Waals surface area contributed by atoms with Gasteiger partial charge in [0.05, 0.1) is 0 Å². The molecular formula is C15H22Cl2. The third-order valence-corrected chi connectivity index (χ3v) is 4.08. The molecule has 0 aromatic heterocycles. The van der Waals surface area contributed by atoms with Gasteiger partial charge in [0.2, 0.25) is 0 Å². The summed E-state index contributed by atoms with van der Waals surface area (Å²) in [6, 6.07) is 8.01. The van der Waals surface area contributed by atoms with E-state index in [1.54, 1.807) is 0 Å². The summed E-state index contributed by atoms with van der Waals surface area (Å²) in [7, 11) is 0. The number of halogens is 2. The first-order valence-electron chi connectivity index (χ1n) is 6.56. The van der Waals surface area contributed by atoms with E-state index in [0.29, 0.717) is 5.92 Å². The van der Waals surface area contributed by atoms with Crippen LogP contribution in [0.3, 0.4) is 0 Å². The monoisotopic (exact) mass is 272 g/mol. The summed E-state index contributed by atoms with van der Waals surface area (Å²) in [4.78, 5) is 0. The fourth-order valence-corrected chi connectivity index (χ4v) is 2.92. The van der Waals surface area contributed by atoms with Crippen molar-refractivity contribution in [2.24, 2.45) is 5.92 Å². The molecule has 0 spiro atoms. The highest BCUT2D eigenvalue weighted by Gasteiger charge is 2.18. The lowest BCUT2D eigenvalue weighted by Gasteiger charge is -2.21. The highest BCUT2D eigenvalue weighted by Crippen LogP contribution is 2.27. The third-order valence-electron chi connectivity index (χ3n) is 3.20. The number of hydrogen-bond donors (Lipinski definition) is 0. The normalized spacial score (nSPS) is 13.0. The molecule has 0 heterocycles. The first-order chi connectivity index (χ1) is 8.19. The van der Waals surface area contributed by atoms with Crippen molar-refractivity contribution in [2.75, 3.05) is 0 Å². The van der Waals surface area contributed by atoms with Crippen LogP contribution in [0.2, 0.25) is 5.02 Å². The number of hydrogen-bond acceptors (Lipinski definition) is 0. The van der Waals surface area contributed by atoms with E-state index in [-0.39, 0.29) is 5.38 Å². The molecule has 0 aliphatic carbocycles. The van der Waals surface area contributed by atoms with Gasteiger partial charge in [-0.3, -0.25) is 0 Å². The smallest absolute Gasteiger partial charge is 0.0438 e. The summed E-state index contributed by atoms with van der Waals surface area (Å²) in [5.74, 6) is 0.614. The lowest BCUT2D eigenvalue weighted by Crippen LogP contribution is -2.17. The van der Waals surface area contributed by atoms with Crippen molar-refractivity contribution in [3.05, 3.63) is 34.9 Å².